The maximum atomic E-state index is 13.8. The zero-order chi connectivity index (χ0) is 26.1. The Kier molecular flexibility index (Phi) is 9.25. The summed E-state index contributed by atoms with van der Waals surface area (Å²) >= 11 is 0. The van der Waals surface area contributed by atoms with Crippen LogP contribution in [0.1, 0.15) is 31.4 Å². The second-order valence-corrected chi connectivity index (χ2v) is 10.3. The first-order valence-electron chi connectivity index (χ1n) is 12.0. The lowest BCUT2D eigenvalue weighted by Gasteiger charge is -2.33. The van der Waals surface area contributed by atoms with Gasteiger partial charge >= 0.3 is 0 Å². The van der Waals surface area contributed by atoms with Crippen LogP contribution >= 0.6 is 0 Å². The zero-order valence-corrected chi connectivity index (χ0v) is 21.7. The van der Waals surface area contributed by atoms with E-state index < -0.39 is 28.5 Å². The van der Waals surface area contributed by atoms with Gasteiger partial charge < -0.3 is 10.2 Å². The zero-order valence-electron chi connectivity index (χ0n) is 20.9. The van der Waals surface area contributed by atoms with Crippen molar-refractivity contribution in [2.75, 3.05) is 17.4 Å². The van der Waals surface area contributed by atoms with Crippen LogP contribution in [0.4, 0.5) is 5.69 Å². The summed E-state index contributed by atoms with van der Waals surface area (Å²) in [5.41, 5.74) is 2.31. The van der Waals surface area contributed by atoms with Crippen molar-refractivity contribution in [1.29, 1.82) is 0 Å². The molecule has 0 saturated heterocycles. The quantitative estimate of drug-likeness (QED) is 0.423. The normalized spacial score (nSPS) is 12.0. The molecule has 0 saturated carbocycles. The summed E-state index contributed by atoms with van der Waals surface area (Å²) in [6.45, 7) is 5.81. The fourth-order valence-corrected chi connectivity index (χ4v) is 5.38. The number of likely N-dealkylation sites (N-methyl/N-ethyl adjacent to an activating group) is 1. The number of benzene rings is 3. The monoisotopic (exact) mass is 507 g/mol. The number of anilines is 1. The third kappa shape index (κ3) is 6.51. The van der Waals surface area contributed by atoms with Crippen LogP contribution in [0.2, 0.25) is 0 Å². The molecule has 7 nitrogen and oxygen atoms in total. The van der Waals surface area contributed by atoms with Gasteiger partial charge in [-0.05, 0) is 50.1 Å². The minimum absolute atomic E-state index is 0.0857. The average Bonchev–Trinajstić information content (AvgIpc) is 2.89. The van der Waals surface area contributed by atoms with Crippen molar-refractivity contribution in [2.24, 2.45) is 0 Å². The Morgan fingerprint density at radius 3 is 2.00 bits per heavy atom. The Balaban J connectivity index is 2.01. The standard InChI is InChI=1S/C28H33N3O4S/c1-4-26(28(33)29-5-2)30(20-23-18-16-22(3)17-19-23)27(32)21-31(24-12-8-6-9-13-24)36(34,35)25-14-10-7-11-15-25/h6-19,26H,4-5,20-21H2,1-3H3,(H,29,33)/t26-/m0/s1. The largest absolute Gasteiger partial charge is 0.355 e. The van der Waals surface area contributed by atoms with Crippen LogP contribution in [0, 0.1) is 6.92 Å². The summed E-state index contributed by atoms with van der Waals surface area (Å²) in [7, 11) is -4.04. The van der Waals surface area contributed by atoms with E-state index in [-0.39, 0.29) is 17.3 Å². The molecule has 3 rings (SSSR count). The van der Waals surface area contributed by atoms with Gasteiger partial charge in [0.05, 0.1) is 10.6 Å². The van der Waals surface area contributed by atoms with E-state index in [4.69, 9.17) is 0 Å². The number of amides is 2. The molecule has 2 amide bonds. The predicted octanol–water partition coefficient (Wildman–Crippen LogP) is 4.13. The van der Waals surface area contributed by atoms with Crippen LogP contribution in [-0.2, 0) is 26.2 Å². The molecule has 0 radical (unpaired) electrons. The van der Waals surface area contributed by atoms with Gasteiger partial charge in [-0.2, -0.15) is 0 Å². The molecular formula is C28H33N3O4S. The van der Waals surface area contributed by atoms with Crippen molar-refractivity contribution in [1.82, 2.24) is 10.2 Å². The van der Waals surface area contributed by atoms with Crippen molar-refractivity contribution < 1.29 is 18.0 Å². The van der Waals surface area contributed by atoms with Crippen molar-refractivity contribution in [3.05, 3.63) is 96.1 Å². The first-order valence-corrected chi connectivity index (χ1v) is 13.5. The summed E-state index contributed by atoms with van der Waals surface area (Å²) < 4.78 is 28.4. The molecule has 0 aromatic heterocycles. The molecule has 0 aliphatic heterocycles. The lowest BCUT2D eigenvalue weighted by molar-refractivity contribution is -0.140. The predicted molar refractivity (Wildman–Crippen MR) is 142 cm³/mol. The Morgan fingerprint density at radius 2 is 1.44 bits per heavy atom. The van der Waals surface area contributed by atoms with Gasteiger partial charge in [-0.3, -0.25) is 13.9 Å². The number of nitrogens with one attached hydrogen (secondary N) is 1. The highest BCUT2D eigenvalue weighted by Gasteiger charge is 2.33. The number of aryl methyl sites for hydroxylation is 1. The molecule has 36 heavy (non-hydrogen) atoms. The molecule has 1 N–H and O–H groups in total. The fraction of sp³-hybridized carbons (Fsp3) is 0.286. The Morgan fingerprint density at radius 1 is 0.861 bits per heavy atom. The lowest BCUT2D eigenvalue weighted by Crippen LogP contribution is -2.52. The maximum Gasteiger partial charge on any atom is 0.264 e. The molecule has 0 unspecified atom stereocenters. The summed E-state index contributed by atoms with van der Waals surface area (Å²) in [5.74, 6) is -0.727. The van der Waals surface area contributed by atoms with Crippen molar-refractivity contribution in [3.63, 3.8) is 0 Å². The topological polar surface area (TPSA) is 86.8 Å². The number of sulfonamides is 1. The molecular weight excluding hydrogens is 474 g/mol. The van der Waals surface area contributed by atoms with E-state index in [1.807, 2.05) is 45.0 Å². The van der Waals surface area contributed by atoms with E-state index in [9.17, 15) is 18.0 Å². The number of nitrogens with zero attached hydrogens (tertiary/aromatic N) is 2. The highest BCUT2D eigenvalue weighted by Crippen LogP contribution is 2.24. The number of hydrogen-bond acceptors (Lipinski definition) is 4. The van der Waals surface area contributed by atoms with Crippen LogP contribution in [0.3, 0.4) is 0 Å². The smallest absolute Gasteiger partial charge is 0.264 e. The van der Waals surface area contributed by atoms with Gasteiger partial charge in [0.2, 0.25) is 11.8 Å². The molecule has 0 aliphatic carbocycles. The Labute approximate surface area is 213 Å². The number of carbonyl (C=O) groups is 2. The summed E-state index contributed by atoms with van der Waals surface area (Å²) in [6.07, 6.45) is 0.389. The van der Waals surface area contributed by atoms with Crippen molar-refractivity contribution in [2.45, 2.75) is 44.7 Å². The van der Waals surface area contributed by atoms with Crippen LogP contribution < -0.4 is 9.62 Å². The molecule has 3 aromatic rings. The van der Waals surface area contributed by atoms with E-state index in [1.54, 1.807) is 48.5 Å². The number of hydrogen-bond donors (Lipinski definition) is 1. The highest BCUT2D eigenvalue weighted by molar-refractivity contribution is 7.92. The fourth-order valence-electron chi connectivity index (χ4n) is 3.94. The molecule has 8 heteroatoms. The van der Waals surface area contributed by atoms with Crippen LogP contribution in [0.15, 0.2) is 89.8 Å². The van der Waals surface area contributed by atoms with Gasteiger partial charge in [0.15, 0.2) is 0 Å². The average molecular weight is 508 g/mol. The van der Waals surface area contributed by atoms with E-state index >= 15 is 0 Å². The molecule has 0 bridgehead atoms. The summed E-state index contributed by atoms with van der Waals surface area (Å²) in [6, 6.07) is 23.5. The number of para-hydroxylation sites is 1. The molecule has 0 spiro atoms. The maximum absolute atomic E-state index is 13.8. The van der Waals surface area contributed by atoms with E-state index in [2.05, 4.69) is 5.32 Å². The van der Waals surface area contributed by atoms with Crippen LogP contribution in [0.5, 0.6) is 0 Å². The van der Waals surface area contributed by atoms with Crippen LogP contribution in [-0.4, -0.2) is 44.3 Å². The van der Waals surface area contributed by atoms with Crippen LogP contribution in [0.25, 0.3) is 0 Å². The van der Waals surface area contributed by atoms with Gasteiger partial charge in [-0.1, -0.05) is 73.2 Å². The highest BCUT2D eigenvalue weighted by atomic mass is 32.2. The Bertz CT molecular complexity index is 1250. The Hall–Kier alpha value is -3.65. The summed E-state index contributed by atoms with van der Waals surface area (Å²) in [5, 5.41) is 2.80. The SMILES string of the molecule is CCNC(=O)[C@H](CC)N(Cc1ccc(C)cc1)C(=O)CN(c1ccccc1)S(=O)(=O)c1ccccc1. The molecule has 1 atom stereocenters. The van der Waals surface area contributed by atoms with Gasteiger partial charge in [0, 0.05) is 13.1 Å². The lowest BCUT2D eigenvalue weighted by atomic mass is 10.1. The van der Waals surface area contributed by atoms with Gasteiger partial charge in [0.1, 0.15) is 12.6 Å². The molecule has 0 fully saturated rings. The van der Waals surface area contributed by atoms with Gasteiger partial charge in [-0.15, -0.1) is 0 Å². The van der Waals surface area contributed by atoms with Gasteiger partial charge in [0.25, 0.3) is 10.0 Å². The molecule has 3 aromatic carbocycles. The third-order valence-corrected chi connectivity index (χ3v) is 7.65. The summed E-state index contributed by atoms with van der Waals surface area (Å²) in [4.78, 5) is 28.3. The second-order valence-electron chi connectivity index (χ2n) is 8.49. The van der Waals surface area contributed by atoms with Gasteiger partial charge in [-0.25, -0.2) is 8.42 Å². The molecule has 190 valence electrons. The van der Waals surface area contributed by atoms with Crippen molar-refractivity contribution >= 4 is 27.5 Å². The molecule has 0 aliphatic rings. The number of carbonyl (C=O) groups excluding carboxylic acids is 2. The number of rotatable bonds is 11. The second kappa shape index (κ2) is 12.4. The van der Waals surface area contributed by atoms with Crippen molar-refractivity contribution in [3.8, 4) is 0 Å². The molecule has 0 heterocycles. The first-order chi connectivity index (χ1) is 17.3. The first kappa shape index (κ1) is 26.9. The third-order valence-electron chi connectivity index (χ3n) is 5.86. The minimum Gasteiger partial charge on any atom is -0.355 e. The van der Waals surface area contributed by atoms with E-state index in [0.29, 0.717) is 18.7 Å². The van der Waals surface area contributed by atoms with E-state index in [0.717, 1.165) is 15.4 Å². The minimum atomic E-state index is -4.04. The van der Waals surface area contributed by atoms with E-state index in [1.165, 1.54) is 17.0 Å².